The molecule has 1 fully saturated rings. The van der Waals surface area contributed by atoms with E-state index in [1.807, 2.05) is 13.8 Å². The summed E-state index contributed by atoms with van der Waals surface area (Å²) >= 11 is 0. The van der Waals surface area contributed by atoms with Crippen molar-refractivity contribution in [2.45, 2.75) is 45.6 Å². The first-order valence-corrected chi connectivity index (χ1v) is 7.55. The maximum atomic E-state index is 11.6. The van der Waals surface area contributed by atoms with Crippen molar-refractivity contribution in [3.8, 4) is 0 Å². The van der Waals surface area contributed by atoms with Crippen LogP contribution in [0.2, 0.25) is 0 Å². The molecule has 16 heavy (non-hydrogen) atoms. The van der Waals surface area contributed by atoms with Gasteiger partial charge in [-0.05, 0) is 38.0 Å². The van der Waals surface area contributed by atoms with Gasteiger partial charge in [-0.1, -0.05) is 13.8 Å². The highest BCUT2D eigenvalue weighted by molar-refractivity contribution is 7.89. The highest BCUT2D eigenvalue weighted by Gasteiger charge is 2.30. The molecule has 0 heterocycles. The minimum absolute atomic E-state index is 0.111. The van der Waals surface area contributed by atoms with Gasteiger partial charge in [0.2, 0.25) is 10.0 Å². The molecular formula is C11H23NO3S. The molecule has 1 atom stereocenters. The van der Waals surface area contributed by atoms with Crippen LogP contribution in [0, 0.1) is 11.8 Å². The molecule has 0 saturated heterocycles. The minimum Gasteiger partial charge on any atom is -0.389 e. The SMILES string of the molecule is CC(C)CC(C)(O)CNS(=O)(=O)CC1CC1. The third kappa shape index (κ3) is 5.82. The van der Waals surface area contributed by atoms with Gasteiger partial charge in [-0.25, -0.2) is 13.1 Å². The van der Waals surface area contributed by atoms with Crippen LogP contribution in [0.5, 0.6) is 0 Å². The van der Waals surface area contributed by atoms with Crippen LogP contribution in [-0.4, -0.2) is 31.4 Å². The van der Waals surface area contributed by atoms with Crippen LogP contribution in [0.25, 0.3) is 0 Å². The molecule has 0 aromatic heterocycles. The Kier molecular flexibility index (Phi) is 4.37. The Morgan fingerprint density at radius 2 is 2.00 bits per heavy atom. The zero-order valence-electron chi connectivity index (χ0n) is 10.4. The average molecular weight is 249 g/mol. The molecule has 96 valence electrons. The van der Waals surface area contributed by atoms with Crippen molar-refractivity contribution < 1.29 is 13.5 Å². The quantitative estimate of drug-likeness (QED) is 0.710. The van der Waals surface area contributed by atoms with Crippen LogP contribution in [0.3, 0.4) is 0 Å². The Hall–Kier alpha value is -0.130. The van der Waals surface area contributed by atoms with E-state index >= 15 is 0 Å². The summed E-state index contributed by atoms with van der Waals surface area (Å²) in [6, 6.07) is 0. The number of hydrogen-bond acceptors (Lipinski definition) is 3. The molecular weight excluding hydrogens is 226 g/mol. The lowest BCUT2D eigenvalue weighted by Crippen LogP contribution is -2.42. The molecule has 1 rings (SSSR count). The van der Waals surface area contributed by atoms with E-state index < -0.39 is 15.6 Å². The van der Waals surface area contributed by atoms with Gasteiger partial charge in [0.05, 0.1) is 11.4 Å². The van der Waals surface area contributed by atoms with Crippen LogP contribution in [0.4, 0.5) is 0 Å². The number of rotatable bonds is 7. The van der Waals surface area contributed by atoms with Gasteiger partial charge in [0.15, 0.2) is 0 Å². The topological polar surface area (TPSA) is 66.4 Å². The van der Waals surface area contributed by atoms with Crippen LogP contribution in [0.1, 0.15) is 40.0 Å². The second kappa shape index (κ2) is 5.02. The third-order valence-corrected chi connectivity index (χ3v) is 4.17. The van der Waals surface area contributed by atoms with Gasteiger partial charge in [0.1, 0.15) is 0 Å². The molecule has 1 unspecified atom stereocenters. The molecule has 0 bridgehead atoms. The molecule has 0 aromatic rings. The summed E-state index contributed by atoms with van der Waals surface area (Å²) in [6.07, 6.45) is 2.63. The molecule has 0 radical (unpaired) electrons. The average Bonchev–Trinajstić information content (AvgIpc) is 2.82. The van der Waals surface area contributed by atoms with E-state index in [4.69, 9.17) is 0 Å². The molecule has 1 aliphatic carbocycles. The summed E-state index contributed by atoms with van der Waals surface area (Å²) in [5.41, 5.74) is -0.954. The molecule has 5 heteroatoms. The van der Waals surface area contributed by atoms with Crippen molar-refractivity contribution in [3.05, 3.63) is 0 Å². The van der Waals surface area contributed by atoms with E-state index in [0.29, 0.717) is 18.3 Å². The first kappa shape index (κ1) is 13.9. The van der Waals surface area contributed by atoms with Gasteiger partial charge in [0.25, 0.3) is 0 Å². The Morgan fingerprint density at radius 3 is 2.44 bits per heavy atom. The van der Waals surface area contributed by atoms with Crippen LogP contribution in [-0.2, 0) is 10.0 Å². The van der Waals surface area contributed by atoms with Crippen molar-refractivity contribution in [2.75, 3.05) is 12.3 Å². The van der Waals surface area contributed by atoms with Crippen LogP contribution < -0.4 is 4.72 Å². The second-order valence-corrected chi connectivity index (χ2v) is 7.49. The molecule has 4 nitrogen and oxygen atoms in total. The lowest BCUT2D eigenvalue weighted by atomic mass is 9.95. The Bertz CT molecular complexity index is 318. The molecule has 1 aliphatic rings. The van der Waals surface area contributed by atoms with E-state index in [1.54, 1.807) is 6.92 Å². The fourth-order valence-corrected chi connectivity index (χ4v) is 3.47. The van der Waals surface area contributed by atoms with Crippen molar-refractivity contribution in [1.82, 2.24) is 4.72 Å². The van der Waals surface area contributed by atoms with E-state index in [1.165, 1.54) is 0 Å². The standard InChI is InChI=1S/C11H23NO3S/c1-9(2)6-11(3,13)8-12-16(14,15)7-10-4-5-10/h9-10,12-13H,4-8H2,1-3H3. The Labute approximate surface area is 98.5 Å². The van der Waals surface area contributed by atoms with Crippen molar-refractivity contribution >= 4 is 10.0 Å². The maximum Gasteiger partial charge on any atom is 0.211 e. The van der Waals surface area contributed by atoms with Crippen molar-refractivity contribution in [3.63, 3.8) is 0 Å². The van der Waals surface area contributed by atoms with Gasteiger partial charge in [-0.2, -0.15) is 0 Å². The van der Waals surface area contributed by atoms with Gasteiger partial charge in [0, 0.05) is 6.54 Å². The molecule has 1 saturated carbocycles. The summed E-state index contributed by atoms with van der Waals surface area (Å²) in [6.45, 7) is 5.80. The molecule has 0 spiro atoms. The van der Waals surface area contributed by atoms with Crippen LogP contribution >= 0.6 is 0 Å². The largest absolute Gasteiger partial charge is 0.389 e. The smallest absolute Gasteiger partial charge is 0.211 e. The number of hydrogen-bond donors (Lipinski definition) is 2. The lowest BCUT2D eigenvalue weighted by Gasteiger charge is -2.25. The van der Waals surface area contributed by atoms with Gasteiger partial charge in [-0.3, -0.25) is 0 Å². The molecule has 0 amide bonds. The fraction of sp³-hybridized carbons (Fsp3) is 1.00. The third-order valence-electron chi connectivity index (χ3n) is 2.67. The van der Waals surface area contributed by atoms with E-state index in [9.17, 15) is 13.5 Å². The van der Waals surface area contributed by atoms with E-state index in [0.717, 1.165) is 12.8 Å². The Morgan fingerprint density at radius 1 is 1.44 bits per heavy atom. The van der Waals surface area contributed by atoms with Gasteiger partial charge < -0.3 is 5.11 Å². The number of nitrogens with one attached hydrogen (secondary N) is 1. The second-order valence-electron chi connectivity index (χ2n) is 5.64. The van der Waals surface area contributed by atoms with E-state index in [-0.39, 0.29) is 12.3 Å². The summed E-state index contributed by atoms with van der Waals surface area (Å²) in [5, 5.41) is 9.97. The molecule has 0 aliphatic heterocycles. The zero-order valence-corrected chi connectivity index (χ0v) is 11.2. The lowest BCUT2D eigenvalue weighted by molar-refractivity contribution is 0.0436. The summed E-state index contributed by atoms with van der Waals surface area (Å²) in [5.74, 6) is 0.903. The zero-order chi connectivity index (χ0) is 12.4. The highest BCUT2D eigenvalue weighted by atomic mass is 32.2. The first-order valence-electron chi connectivity index (χ1n) is 5.90. The molecule has 0 aromatic carbocycles. The highest BCUT2D eigenvalue weighted by Crippen LogP contribution is 2.30. The van der Waals surface area contributed by atoms with Gasteiger partial charge >= 0.3 is 0 Å². The predicted octanol–water partition coefficient (Wildman–Crippen LogP) is 1.11. The minimum atomic E-state index is -3.20. The summed E-state index contributed by atoms with van der Waals surface area (Å²) in [4.78, 5) is 0. The monoisotopic (exact) mass is 249 g/mol. The van der Waals surface area contributed by atoms with Crippen molar-refractivity contribution in [1.29, 1.82) is 0 Å². The van der Waals surface area contributed by atoms with Gasteiger partial charge in [-0.15, -0.1) is 0 Å². The summed E-state index contributed by atoms with van der Waals surface area (Å²) < 4.78 is 25.7. The maximum absolute atomic E-state index is 11.6. The number of aliphatic hydroxyl groups is 1. The number of sulfonamides is 1. The summed E-state index contributed by atoms with van der Waals surface area (Å²) in [7, 11) is -3.20. The van der Waals surface area contributed by atoms with E-state index in [2.05, 4.69) is 4.72 Å². The predicted molar refractivity (Wildman–Crippen MR) is 64.6 cm³/mol. The first-order chi connectivity index (χ1) is 7.20. The Balaban J connectivity index is 2.36. The van der Waals surface area contributed by atoms with Crippen molar-refractivity contribution in [2.24, 2.45) is 11.8 Å². The normalized spacial score (nSPS) is 21.1. The van der Waals surface area contributed by atoms with Crippen LogP contribution in [0.15, 0.2) is 0 Å². The molecule has 2 N–H and O–H groups in total. The fourth-order valence-electron chi connectivity index (χ4n) is 1.87.